The van der Waals surface area contributed by atoms with Crippen molar-refractivity contribution < 1.29 is 21.8 Å². The third kappa shape index (κ3) is 4.98. The zero-order valence-corrected chi connectivity index (χ0v) is 24.1. The number of carbonyl (C=O) groups is 1. The molecule has 1 amide bonds. The summed E-state index contributed by atoms with van der Waals surface area (Å²) in [6, 6.07) is 43.5. The van der Waals surface area contributed by atoms with Crippen LogP contribution >= 0.6 is 7.26 Å². The fourth-order valence-corrected chi connectivity index (χ4v) is 11.3. The third-order valence-corrected chi connectivity index (χ3v) is 12.9. The van der Waals surface area contributed by atoms with Gasteiger partial charge in [0.1, 0.15) is 23.2 Å². The van der Waals surface area contributed by atoms with E-state index < -0.39 is 7.26 Å². The van der Waals surface area contributed by atoms with Gasteiger partial charge >= 0.3 is 0 Å². The van der Waals surface area contributed by atoms with Gasteiger partial charge in [0.15, 0.2) is 5.66 Å². The lowest BCUT2D eigenvalue weighted by molar-refractivity contribution is -0.129. The molecule has 38 heavy (non-hydrogen) atoms. The molecule has 6 rings (SSSR count). The molecule has 3 nitrogen and oxygen atoms in total. The second-order valence-corrected chi connectivity index (χ2v) is 13.8. The molecule has 0 aromatic heterocycles. The topological polar surface area (TPSA) is 23.6 Å². The largest absolute Gasteiger partial charge is 1.00 e. The maximum Gasteiger partial charge on any atom is 0.264 e. The molecule has 2 heterocycles. The fraction of sp³-hybridized carbons (Fsp3) is 0.242. The minimum Gasteiger partial charge on any atom is -1.00 e. The molecule has 0 saturated carbocycles. The molecule has 0 N–H and O–H groups in total. The molecule has 2 unspecified atom stereocenters. The van der Waals surface area contributed by atoms with E-state index in [0.29, 0.717) is 11.9 Å². The van der Waals surface area contributed by atoms with Crippen LogP contribution in [0.5, 0.6) is 0 Å². The van der Waals surface area contributed by atoms with Gasteiger partial charge in [0, 0.05) is 38.6 Å². The fourth-order valence-electron chi connectivity index (χ4n) is 6.44. The van der Waals surface area contributed by atoms with Gasteiger partial charge < -0.3 is 21.9 Å². The van der Waals surface area contributed by atoms with E-state index in [2.05, 4.69) is 131 Å². The molecular weight excluding hydrogens is 551 g/mol. The highest BCUT2D eigenvalue weighted by Crippen LogP contribution is 2.62. The van der Waals surface area contributed by atoms with Crippen molar-refractivity contribution in [2.24, 2.45) is 0 Å². The van der Waals surface area contributed by atoms with Crippen LogP contribution in [0.1, 0.15) is 18.4 Å². The molecule has 194 valence electrons. The van der Waals surface area contributed by atoms with Gasteiger partial charge in [-0.3, -0.25) is 9.69 Å². The van der Waals surface area contributed by atoms with E-state index in [4.69, 9.17) is 0 Å². The Bertz CT molecular complexity index is 1220. The minimum absolute atomic E-state index is 0. The van der Waals surface area contributed by atoms with Gasteiger partial charge in [-0.25, -0.2) is 0 Å². The summed E-state index contributed by atoms with van der Waals surface area (Å²) < 4.78 is 0. The lowest BCUT2D eigenvalue weighted by Gasteiger charge is -2.32. The zero-order valence-electron chi connectivity index (χ0n) is 21.6. The third-order valence-electron chi connectivity index (χ3n) is 8.11. The average molecular weight is 586 g/mol. The second-order valence-electron chi connectivity index (χ2n) is 10.2. The molecule has 2 atom stereocenters. The smallest absolute Gasteiger partial charge is 0.264 e. The van der Waals surface area contributed by atoms with E-state index >= 15 is 0 Å². The monoisotopic (exact) mass is 584 g/mol. The SMILES string of the molecule is O=C1C([P+](c2ccccc2)(c2ccccc2)c2ccccc2)CCN1C1CCN(Cc2ccccc2)C1.[Br-]. The van der Waals surface area contributed by atoms with Crippen LogP contribution in [-0.2, 0) is 11.3 Å². The summed E-state index contributed by atoms with van der Waals surface area (Å²) >= 11 is 0. The summed E-state index contributed by atoms with van der Waals surface area (Å²) in [6.45, 7) is 3.81. The van der Waals surface area contributed by atoms with Crippen LogP contribution in [0.3, 0.4) is 0 Å². The number of hydrogen-bond acceptors (Lipinski definition) is 2. The summed E-state index contributed by atoms with van der Waals surface area (Å²) in [5, 5.41) is 3.89. The Labute approximate surface area is 237 Å². The highest BCUT2D eigenvalue weighted by Gasteiger charge is 2.59. The number of likely N-dealkylation sites (tertiary alicyclic amines) is 2. The number of rotatable bonds is 7. The Morgan fingerprint density at radius 3 is 1.61 bits per heavy atom. The number of benzene rings is 4. The number of carbonyl (C=O) groups excluding carboxylic acids is 1. The molecule has 0 aliphatic carbocycles. The summed E-state index contributed by atoms with van der Waals surface area (Å²) in [5.41, 5.74) is 1.30. The van der Waals surface area contributed by atoms with E-state index in [-0.39, 0.29) is 22.6 Å². The van der Waals surface area contributed by atoms with Crippen molar-refractivity contribution in [2.75, 3.05) is 19.6 Å². The van der Waals surface area contributed by atoms with E-state index in [1.807, 2.05) is 0 Å². The highest BCUT2D eigenvalue weighted by molar-refractivity contribution is 7.96. The Balaban J connectivity index is 0.00000294. The van der Waals surface area contributed by atoms with E-state index in [0.717, 1.165) is 39.0 Å². The molecule has 2 aliphatic heterocycles. The first-order valence-corrected chi connectivity index (χ1v) is 15.2. The molecular formula is C33H34BrN2OP. The molecule has 0 spiro atoms. The van der Waals surface area contributed by atoms with Gasteiger partial charge in [0.25, 0.3) is 5.91 Å². The number of nitrogens with zero attached hydrogens (tertiary/aromatic N) is 2. The molecule has 2 fully saturated rings. The predicted octanol–water partition coefficient (Wildman–Crippen LogP) is 1.86. The van der Waals surface area contributed by atoms with Crippen LogP contribution in [-0.4, -0.2) is 47.0 Å². The Kier molecular flexibility index (Phi) is 8.43. The van der Waals surface area contributed by atoms with Crippen LogP contribution in [0, 0.1) is 0 Å². The van der Waals surface area contributed by atoms with E-state index in [1.165, 1.54) is 21.5 Å². The summed E-state index contributed by atoms with van der Waals surface area (Å²) in [7, 11) is -2.21. The van der Waals surface area contributed by atoms with Gasteiger partial charge in [0.05, 0.1) is 0 Å². The van der Waals surface area contributed by atoms with Gasteiger partial charge in [-0.15, -0.1) is 0 Å². The van der Waals surface area contributed by atoms with Gasteiger partial charge in [-0.1, -0.05) is 84.9 Å². The van der Waals surface area contributed by atoms with Crippen molar-refractivity contribution >= 4 is 29.1 Å². The molecule has 4 aromatic rings. The summed E-state index contributed by atoms with van der Waals surface area (Å²) in [5.74, 6) is 0.344. The van der Waals surface area contributed by atoms with E-state index in [1.54, 1.807) is 0 Å². The second kappa shape index (κ2) is 11.9. The van der Waals surface area contributed by atoms with Crippen LogP contribution in [0.15, 0.2) is 121 Å². The molecule has 4 aromatic carbocycles. The lowest BCUT2D eigenvalue weighted by atomic mass is 10.2. The Hall–Kier alpha value is -2.78. The number of amides is 1. The van der Waals surface area contributed by atoms with Crippen LogP contribution in [0.2, 0.25) is 0 Å². The maximum absolute atomic E-state index is 14.5. The first kappa shape index (κ1) is 26.8. The first-order chi connectivity index (χ1) is 18.3. The van der Waals surface area contributed by atoms with Crippen molar-refractivity contribution in [3.05, 3.63) is 127 Å². The molecule has 5 heteroatoms. The summed E-state index contributed by atoms with van der Waals surface area (Å²) in [6.07, 6.45) is 1.96. The van der Waals surface area contributed by atoms with E-state index in [9.17, 15) is 4.79 Å². The Morgan fingerprint density at radius 2 is 1.11 bits per heavy atom. The van der Waals surface area contributed by atoms with Crippen LogP contribution in [0.4, 0.5) is 0 Å². The van der Waals surface area contributed by atoms with Gasteiger partial charge in [0.2, 0.25) is 0 Å². The quantitative estimate of drug-likeness (QED) is 0.310. The molecule has 2 aliphatic rings. The van der Waals surface area contributed by atoms with Crippen LogP contribution < -0.4 is 32.9 Å². The molecule has 0 radical (unpaired) electrons. The maximum atomic E-state index is 14.5. The first-order valence-electron chi connectivity index (χ1n) is 13.4. The molecule has 0 bridgehead atoms. The standard InChI is InChI=1S/C33H34N2OP.BrH/c36-33-32(22-24-35(33)28-21-23-34(26-28)25-27-13-5-1-6-14-27)37(29-15-7-2-8-16-29,30-17-9-3-10-18-30)31-19-11-4-12-20-31;/h1-20,28,32H,21-26H2;1H/q+1;/p-1. The zero-order chi connectivity index (χ0) is 25.1. The number of hydrogen-bond donors (Lipinski definition) is 0. The number of halogens is 1. The molecule has 2 saturated heterocycles. The minimum atomic E-state index is -2.21. The average Bonchev–Trinajstić information content (AvgIpc) is 3.58. The van der Waals surface area contributed by atoms with Crippen molar-refractivity contribution in [1.82, 2.24) is 9.80 Å². The Morgan fingerprint density at radius 1 is 0.632 bits per heavy atom. The van der Waals surface area contributed by atoms with Gasteiger partial charge in [-0.05, 0) is 48.4 Å². The highest BCUT2D eigenvalue weighted by atomic mass is 79.9. The summed E-state index contributed by atoms with van der Waals surface area (Å²) in [4.78, 5) is 19.2. The predicted molar refractivity (Wildman–Crippen MR) is 155 cm³/mol. The van der Waals surface area contributed by atoms with Crippen molar-refractivity contribution in [3.63, 3.8) is 0 Å². The van der Waals surface area contributed by atoms with Crippen molar-refractivity contribution in [1.29, 1.82) is 0 Å². The van der Waals surface area contributed by atoms with Crippen molar-refractivity contribution in [2.45, 2.75) is 31.1 Å². The van der Waals surface area contributed by atoms with Crippen molar-refractivity contribution in [3.8, 4) is 0 Å². The normalized spacial score (nSPS) is 19.9. The van der Waals surface area contributed by atoms with Crippen LogP contribution in [0.25, 0.3) is 0 Å². The van der Waals surface area contributed by atoms with Gasteiger partial charge in [-0.2, -0.15) is 0 Å². The lowest BCUT2D eigenvalue weighted by Crippen LogP contribution is -3.00.